The molecule has 1 saturated heterocycles. The Balaban J connectivity index is 1.44. The van der Waals surface area contributed by atoms with Gasteiger partial charge in [0.15, 0.2) is 0 Å². The number of ether oxygens (including phenoxy) is 1. The van der Waals surface area contributed by atoms with Crippen LogP contribution in [0.25, 0.3) is 0 Å². The van der Waals surface area contributed by atoms with Crippen LogP contribution in [-0.2, 0) is 27.2 Å². The van der Waals surface area contributed by atoms with Gasteiger partial charge in [-0.05, 0) is 54.0 Å². The van der Waals surface area contributed by atoms with Gasteiger partial charge in [0.2, 0.25) is 5.91 Å². The average Bonchev–Trinajstić information content (AvgIpc) is 3.15. The van der Waals surface area contributed by atoms with Crippen molar-refractivity contribution in [3.8, 4) is 0 Å². The minimum atomic E-state index is -0.752. The predicted octanol–water partition coefficient (Wildman–Crippen LogP) is 4.50. The van der Waals surface area contributed by atoms with Crippen molar-refractivity contribution in [2.24, 2.45) is 5.92 Å². The third kappa shape index (κ3) is 6.50. The summed E-state index contributed by atoms with van der Waals surface area (Å²) >= 11 is 0. The predicted molar refractivity (Wildman–Crippen MR) is 135 cm³/mol. The van der Waals surface area contributed by atoms with Gasteiger partial charge in [-0.15, -0.1) is 0 Å². The van der Waals surface area contributed by atoms with Crippen LogP contribution < -0.4 is 4.90 Å². The number of aryl methyl sites for hydroxylation is 1. The average molecular weight is 480 g/mol. The lowest BCUT2D eigenvalue weighted by molar-refractivity contribution is -0.140. The van der Waals surface area contributed by atoms with Crippen LogP contribution >= 0.6 is 0 Å². The largest absolute Gasteiger partial charge is 0.469 e. The molecule has 1 amide bonds. The van der Waals surface area contributed by atoms with Crippen molar-refractivity contribution >= 4 is 17.6 Å². The highest BCUT2D eigenvalue weighted by molar-refractivity contribution is 5.97. The topological polar surface area (TPSA) is 87.1 Å². The molecule has 6 nitrogen and oxygen atoms in total. The molecule has 4 rings (SSSR count). The molecule has 2 aromatic rings. The number of aliphatic hydroxyl groups excluding tert-OH is 2. The van der Waals surface area contributed by atoms with E-state index in [9.17, 15) is 19.8 Å². The molecule has 0 radical (unpaired) electrons. The van der Waals surface area contributed by atoms with Crippen molar-refractivity contribution in [3.05, 3.63) is 65.2 Å². The van der Waals surface area contributed by atoms with Crippen molar-refractivity contribution in [3.63, 3.8) is 0 Å². The summed E-state index contributed by atoms with van der Waals surface area (Å²) in [6, 6.07) is 15.1. The lowest BCUT2D eigenvalue weighted by Crippen LogP contribution is -2.38. The van der Waals surface area contributed by atoms with Crippen LogP contribution in [0.1, 0.15) is 74.2 Å². The lowest BCUT2D eigenvalue weighted by atomic mass is 9.84. The molecule has 3 atom stereocenters. The fourth-order valence-electron chi connectivity index (χ4n) is 5.57. The third-order valence-corrected chi connectivity index (χ3v) is 7.55. The van der Waals surface area contributed by atoms with Gasteiger partial charge in [0, 0.05) is 12.1 Å². The second kappa shape index (κ2) is 11.8. The molecule has 2 aromatic carbocycles. The number of nitrogens with zero attached hydrogens (tertiary/aromatic N) is 1. The van der Waals surface area contributed by atoms with E-state index in [-0.39, 0.29) is 24.3 Å². The maximum Gasteiger partial charge on any atom is 0.305 e. The van der Waals surface area contributed by atoms with Gasteiger partial charge >= 0.3 is 5.97 Å². The maximum absolute atomic E-state index is 12.8. The van der Waals surface area contributed by atoms with E-state index in [1.807, 2.05) is 48.5 Å². The molecule has 35 heavy (non-hydrogen) atoms. The van der Waals surface area contributed by atoms with E-state index in [1.54, 1.807) is 4.90 Å². The smallest absolute Gasteiger partial charge is 0.305 e. The van der Waals surface area contributed by atoms with Gasteiger partial charge in [-0.2, -0.15) is 0 Å². The Hall–Kier alpha value is -2.70. The second-order valence-electron chi connectivity index (χ2n) is 10.0. The zero-order chi connectivity index (χ0) is 24.8. The van der Waals surface area contributed by atoms with E-state index < -0.39 is 12.2 Å². The summed E-state index contributed by atoms with van der Waals surface area (Å²) in [5, 5.41) is 21.4. The van der Waals surface area contributed by atoms with Crippen molar-refractivity contribution in [1.82, 2.24) is 0 Å². The molecule has 1 saturated carbocycles. The standard InChI is InChI=1S/C29H37NO5/c1-35-29(34)15-10-21-8-5-9-22(16-21)17-25-27(32)19-28(33)30(25)24-13-11-23(12-14-24)26(31)18-20-6-3-2-4-7-20/h5,8-9,11-14,16,20,25-27,31-32H,2-4,6-7,10,15,17-19H2,1H3. The third-order valence-electron chi connectivity index (χ3n) is 7.55. The molecule has 2 aliphatic rings. The number of hydrogen-bond acceptors (Lipinski definition) is 5. The number of carbonyl (C=O) groups excluding carboxylic acids is 2. The van der Waals surface area contributed by atoms with Gasteiger partial charge in [0.1, 0.15) is 0 Å². The van der Waals surface area contributed by atoms with Crippen LogP contribution in [0.2, 0.25) is 0 Å². The number of rotatable bonds is 9. The summed E-state index contributed by atoms with van der Waals surface area (Å²) in [6.45, 7) is 0. The number of methoxy groups -OCH3 is 1. The number of benzene rings is 2. The number of esters is 1. The van der Waals surface area contributed by atoms with Crippen LogP contribution in [0, 0.1) is 5.92 Å². The first kappa shape index (κ1) is 25.4. The molecular weight excluding hydrogens is 442 g/mol. The molecular formula is C29H37NO5. The minimum absolute atomic E-state index is 0.0960. The van der Waals surface area contributed by atoms with E-state index >= 15 is 0 Å². The Bertz CT molecular complexity index is 998. The van der Waals surface area contributed by atoms with Crippen molar-refractivity contribution in [1.29, 1.82) is 0 Å². The maximum atomic E-state index is 12.8. The first-order valence-corrected chi connectivity index (χ1v) is 12.9. The van der Waals surface area contributed by atoms with Crippen molar-refractivity contribution in [2.45, 2.75) is 82.5 Å². The van der Waals surface area contributed by atoms with Gasteiger partial charge in [-0.25, -0.2) is 0 Å². The Morgan fingerprint density at radius 1 is 1.09 bits per heavy atom. The van der Waals surface area contributed by atoms with Crippen molar-refractivity contribution in [2.75, 3.05) is 12.0 Å². The summed E-state index contributed by atoms with van der Waals surface area (Å²) in [6.07, 6.45) is 7.26. The van der Waals surface area contributed by atoms with E-state index in [4.69, 9.17) is 4.74 Å². The second-order valence-corrected chi connectivity index (χ2v) is 10.0. The Morgan fingerprint density at radius 3 is 2.51 bits per heavy atom. The number of anilines is 1. The first-order chi connectivity index (χ1) is 16.9. The van der Waals surface area contributed by atoms with E-state index in [0.717, 1.165) is 28.8 Å². The number of carbonyl (C=O) groups is 2. The first-order valence-electron chi connectivity index (χ1n) is 12.9. The van der Waals surface area contributed by atoms with Crippen LogP contribution in [-0.4, -0.2) is 41.3 Å². The fourth-order valence-corrected chi connectivity index (χ4v) is 5.57. The van der Waals surface area contributed by atoms with E-state index in [1.165, 1.54) is 39.2 Å². The molecule has 2 N–H and O–H groups in total. The summed E-state index contributed by atoms with van der Waals surface area (Å²) in [5.41, 5.74) is 3.65. The van der Waals surface area contributed by atoms with Gasteiger partial charge in [0.05, 0.1) is 31.8 Å². The highest BCUT2D eigenvalue weighted by atomic mass is 16.5. The lowest BCUT2D eigenvalue weighted by Gasteiger charge is -2.27. The highest BCUT2D eigenvalue weighted by Crippen LogP contribution is 2.34. The molecule has 3 unspecified atom stereocenters. The fraction of sp³-hybridized carbons (Fsp3) is 0.517. The molecule has 188 valence electrons. The molecule has 0 bridgehead atoms. The van der Waals surface area contributed by atoms with Crippen LogP contribution in [0.3, 0.4) is 0 Å². The Morgan fingerprint density at radius 2 is 1.80 bits per heavy atom. The molecule has 0 aromatic heterocycles. The molecule has 1 aliphatic carbocycles. The van der Waals surface area contributed by atoms with Gasteiger partial charge < -0.3 is 19.8 Å². The molecule has 0 spiro atoms. The van der Waals surface area contributed by atoms with E-state index in [0.29, 0.717) is 25.2 Å². The summed E-state index contributed by atoms with van der Waals surface area (Å²) in [4.78, 5) is 26.0. The summed E-state index contributed by atoms with van der Waals surface area (Å²) in [7, 11) is 1.38. The number of aliphatic hydroxyl groups is 2. The number of amides is 1. The SMILES string of the molecule is COC(=O)CCc1cccc(CC2C(O)CC(=O)N2c2ccc(C(O)CC3CCCCC3)cc2)c1. The van der Waals surface area contributed by atoms with Gasteiger partial charge in [-0.3, -0.25) is 9.59 Å². The minimum Gasteiger partial charge on any atom is -0.469 e. The van der Waals surface area contributed by atoms with Gasteiger partial charge in [0.25, 0.3) is 0 Å². The van der Waals surface area contributed by atoms with Crippen LogP contribution in [0.15, 0.2) is 48.5 Å². The highest BCUT2D eigenvalue weighted by Gasteiger charge is 2.39. The van der Waals surface area contributed by atoms with E-state index in [2.05, 4.69) is 0 Å². The van der Waals surface area contributed by atoms with Crippen LogP contribution in [0.4, 0.5) is 5.69 Å². The molecule has 2 fully saturated rings. The molecule has 1 aliphatic heterocycles. The molecule has 1 heterocycles. The quantitative estimate of drug-likeness (QED) is 0.517. The summed E-state index contributed by atoms with van der Waals surface area (Å²) in [5.74, 6) is 0.243. The zero-order valence-electron chi connectivity index (χ0n) is 20.6. The normalized spacial score (nSPS) is 21.8. The molecule has 6 heteroatoms. The number of hydrogen-bond donors (Lipinski definition) is 2. The Labute approximate surface area is 207 Å². The van der Waals surface area contributed by atoms with Crippen molar-refractivity contribution < 1.29 is 24.5 Å². The van der Waals surface area contributed by atoms with Gasteiger partial charge in [-0.1, -0.05) is 68.5 Å². The zero-order valence-corrected chi connectivity index (χ0v) is 20.6. The summed E-state index contributed by atoms with van der Waals surface area (Å²) < 4.78 is 4.73. The Kier molecular flexibility index (Phi) is 8.58. The van der Waals surface area contributed by atoms with Crippen LogP contribution in [0.5, 0.6) is 0 Å². The monoisotopic (exact) mass is 479 g/mol.